The molecule has 0 aliphatic carbocycles. The van der Waals surface area contributed by atoms with E-state index in [9.17, 15) is 8.42 Å². The molecule has 5 nitrogen and oxygen atoms in total. The highest BCUT2D eigenvalue weighted by Gasteiger charge is 2.22. The van der Waals surface area contributed by atoms with Gasteiger partial charge in [0.1, 0.15) is 24.7 Å². The Morgan fingerprint density at radius 1 is 1.40 bits per heavy atom. The summed E-state index contributed by atoms with van der Waals surface area (Å²) in [7, 11) is -1.10. The van der Waals surface area contributed by atoms with Crippen LogP contribution in [-0.2, 0) is 9.84 Å². The van der Waals surface area contributed by atoms with Crippen molar-refractivity contribution >= 4 is 9.84 Å². The zero-order valence-electron chi connectivity index (χ0n) is 11.9. The number of rotatable bonds is 7. The number of fused-ring (bicyclic) bond motifs is 1. The molecular weight excluding hydrogens is 278 g/mol. The lowest BCUT2D eigenvalue weighted by molar-refractivity contribution is 0.313. The molecular formula is C14H21NO4S. The molecule has 0 aromatic heterocycles. The first kappa shape index (κ1) is 15.1. The average molecular weight is 299 g/mol. The summed E-state index contributed by atoms with van der Waals surface area (Å²) in [6, 6.07) is 5.84. The Morgan fingerprint density at radius 2 is 2.20 bits per heavy atom. The molecule has 0 saturated heterocycles. The lowest BCUT2D eigenvalue weighted by Crippen LogP contribution is -2.17. The van der Waals surface area contributed by atoms with Crippen LogP contribution in [0, 0.1) is 0 Å². The fourth-order valence-electron chi connectivity index (χ4n) is 2.22. The Balaban J connectivity index is 1.92. The molecule has 1 atom stereocenters. The molecule has 1 unspecified atom stereocenters. The summed E-state index contributed by atoms with van der Waals surface area (Å²) < 4.78 is 34.2. The lowest BCUT2D eigenvalue weighted by Gasteiger charge is -2.09. The molecule has 20 heavy (non-hydrogen) atoms. The van der Waals surface area contributed by atoms with Crippen LogP contribution in [0.2, 0.25) is 0 Å². The summed E-state index contributed by atoms with van der Waals surface area (Å²) >= 11 is 0. The number of sulfone groups is 1. The summed E-state index contributed by atoms with van der Waals surface area (Å²) in [4.78, 5) is 0. The van der Waals surface area contributed by atoms with E-state index in [1.165, 1.54) is 0 Å². The van der Waals surface area contributed by atoms with Gasteiger partial charge in [0.2, 0.25) is 0 Å². The van der Waals surface area contributed by atoms with Gasteiger partial charge in [-0.1, -0.05) is 6.92 Å². The minimum absolute atomic E-state index is 0.0535. The standard InChI is InChI=1S/C14H21NO4S/c1-3-7-20(16,17)8-6-18-11-4-5-12-13(15-2)10-19-14(12)9-11/h4-5,9,13,15H,3,6-8,10H2,1-2H3. The Hall–Kier alpha value is -1.27. The molecule has 0 bridgehead atoms. The van der Waals surface area contributed by atoms with Gasteiger partial charge >= 0.3 is 0 Å². The van der Waals surface area contributed by atoms with Gasteiger partial charge in [0.05, 0.1) is 17.5 Å². The molecule has 0 fully saturated rings. The smallest absolute Gasteiger partial charge is 0.153 e. The van der Waals surface area contributed by atoms with Gasteiger partial charge in [0.25, 0.3) is 0 Å². The zero-order chi connectivity index (χ0) is 14.6. The van der Waals surface area contributed by atoms with Crippen molar-refractivity contribution in [2.75, 3.05) is 31.8 Å². The van der Waals surface area contributed by atoms with Crippen LogP contribution in [0.15, 0.2) is 18.2 Å². The number of benzene rings is 1. The molecule has 0 radical (unpaired) electrons. The van der Waals surface area contributed by atoms with Crippen molar-refractivity contribution in [1.29, 1.82) is 0 Å². The molecule has 1 aromatic rings. The minimum atomic E-state index is -2.99. The fraction of sp³-hybridized carbons (Fsp3) is 0.571. The third-order valence-electron chi connectivity index (χ3n) is 3.29. The third kappa shape index (κ3) is 3.64. The first-order valence-electron chi connectivity index (χ1n) is 6.83. The van der Waals surface area contributed by atoms with Gasteiger partial charge in [-0.15, -0.1) is 0 Å². The van der Waals surface area contributed by atoms with E-state index < -0.39 is 9.84 Å². The fourth-order valence-corrected chi connectivity index (χ4v) is 3.38. The molecule has 112 valence electrons. The predicted octanol–water partition coefficient (Wildman–Crippen LogP) is 1.54. The summed E-state index contributed by atoms with van der Waals surface area (Å²) in [5.74, 6) is 1.72. The zero-order valence-corrected chi connectivity index (χ0v) is 12.7. The second-order valence-corrected chi connectivity index (χ2v) is 7.16. The number of hydrogen-bond acceptors (Lipinski definition) is 5. The average Bonchev–Trinajstić information content (AvgIpc) is 2.80. The third-order valence-corrected chi connectivity index (χ3v) is 5.11. The Bertz CT molecular complexity index is 556. The van der Waals surface area contributed by atoms with Crippen LogP contribution in [-0.4, -0.2) is 40.2 Å². The van der Waals surface area contributed by atoms with E-state index in [-0.39, 0.29) is 24.2 Å². The van der Waals surface area contributed by atoms with Crippen molar-refractivity contribution in [3.8, 4) is 11.5 Å². The lowest BCUT2D eigenvalue weighted by atomic mass is 10.1. The highest BCUT2D eigenvalue weighted by atomic mass is 32.2. The molecule has 1 heterocycles. The second-order valence-electron chi connectivity index (χ2n) is 4.85. The first-order chi connectivity index (χ1) is 9.55. The molecule has 0 saturated carbocycles. The molecule has 1 aliphatic rings. The van der Waals surface area contributed by atoms with Crippen molar-refractivity contribution in [2.45, 2.75) is 19.4 Å². The summed E-state index contributed by atoms with van der Waals surface area (Å²) in [6.45, 7) is 2.64. The Morgan fingerprint density at radius 3 is 2.90 bits per heavy atom. The normalized spacial score (nSPS) is 17.6. The molecule has 1 aliphatic heterocycles. The van der Waals surface area contributed by atoms with Crippen LogP contribution in [0.1, 0.15) is 24.9 Å². The van der Waals surface area contributed by atoms with Crippen LogP contribution in [0.3, 0.4) is 0 Å². The van der Waals surface area contributed by atoms with E-state index in [2.05, 4.69) is 5.32 Å². The number of hydrogen-bond donors (Lipinski definition) is 1. The van der Waals surface area contributed by atoms with Crippen LogP contribution in [0.4, 0.5) is 0 Å². The van der Waals surface area contributed by atoms with Crippen LogP contribution < -0.4 is 14.8 Å². The molecule has 1 aromatic carbocycles. The van der Waals surface area contributed by atoms with E-state index >= 15 is 0 Å². The van der Waals surface area contributed by atoms with Gasteiger partial charge < -0.3 is 14.8 Å². The summed E-state index contributed by atoms with van der Waals surface area (Å²) in [6.07, 6.45) is 0.639. The van der Waals surface area contributed by atoms with Crippen LogP contribution >= 0.6 is 0 Å². The van der Waals surface area contributed by atoms with Gasteiger partial charge in [-0.3, -0.25) is 0 Å². The van der Waals surface area contributed by atoms with E-state index in [4.69, 9.17) is 9.47 Å². The molecule has 6 heteroatoms. The number of likely N-dealkylation sites (N-methyl/N-ethyl adjacent to an activating group) is 1. The maximum Gasteiger partial charge on any atom is 0.153 e. The molecule has 0 spiro atoms. The van der Waals surface area contributed by atoms with E-state index in [0.29, 0.717) is 18.8 Å². The Labute approximate surface area is 120 Å². The SMILES string of the molecule is CCCS(=O)(=O)CCOc1ccc2c(c1)OCC2NC. The van der Waals surface area contributed by atoms with Crippen molar-refractivity contribution < 1.29 is 17.9 Å². The minimum Gasteiger partial charge on any atom is -0.492 e. The van der Waals surface area contributed by atoms with Crippen molar-refractivity contribution in [3.63, 3.8) is 0 Å². The van der Waals surface area contributed by atoms with Gasteiger partial charge in [-0.25, -0.2) is 8.42 Å². The number of nitrogens with one attached hydrogen (secondary N) is 1. The van der Waals surface area contributed by atoms with Crippen molar-refractivity contribution in [1.82, 2.24) is 5.32 Å². The predicted molar refractivity (Wildman–Crippen MR) is 78.2 cm³/mol. The number of ether oxygens (including phenoxy) is 2. The van der Waals surface area contributed by atoms with Crippen LogP contribution in [0.5, 0.6) is 11.5 Å². The van der Waals surface area contributed by atoms with Gasteiger partial charge in [0, 0.05) is 11.6 Å². The van der Waals surface area contributed by atoms with Crippen molar-refractivity contribution in [3.05, 3.63) is 23.8 Å². The van der Waals surface area contributed by atoms with E-state index in [0.717, 1.165) is 11.3 Å². The molecule has 2 rings (SSSR count). The second kappa shape index (κ2) is 6.45. The summed E-state index contributed by atoms with van der Waals surface area (Å²) in [5.41, 5.74) is 1.11. The highest BCUT2D eigenvalue weighted by Crippen LogP contribution is 2.34. The topological polar surface area (TPSA) is 64.6 Å². The van der Waals surface area contributed by atoms with Gasteiger partial charge in [0.15, 0.2) is 9.84 Å². The monoisotopic (exact) mass is 299 g/mol. The maximum atomic E-state index is 11.6. The van der Waals surface area contributed by atoms with Crippen molar-refractivity contribution in [2.24, 2.45) is 0 Å². The Kier molecular flexibility index (Phi) is 4.88. The van der Waals surface area contributed by atoms with Gasteiger partial charge in [-0.05, 0) is 25.6 Å². The quantitative estimate of drug-likeness (QED) is 0.827. The van der Waals surface area contributed by atoms with Gasteiger partial charge in [-0.2, -0.15) is 0 Å². The largest absolute Gasteiger partial charge is 0.492 e. The van der Waals surface area contributed by atoms with E-state index in [1.54, 1.807) is 0 Å². The first-order valence-corrected chi connectivity index (χ1v) is 8.65. The van der Waals surface area contributed by atoms with E-state index in [1.807, 2.05) is 32.2 Å². The molecule has 0 amide bonds. The summed E-state index contributed by atoms with van der Waals surface area (Å²) in [5, 5.41) is 3.17. The maximum absolute atomic E-state index is 11.6. The van der Waals surface area contributed by atoms with Crippen LogP contribution in [0.25, 0.3) is 0 Å². The molecule has 1 N–H and O–H groups in total. The highest BCUT2D eigenvalue weighted by molar-refractivity contribution is 7.91.